The summed E-state index contributed by atoms with van der Waals surface area (Å²) in [7, 11) is 0. The zero-order valence-electron chi connectivity index (χ0n) is 7.62. The lowest BCUT2D eigenvalue weighted by Crippen LogP contribution is -2.35. The van der Waals surface area contributed by atoms with Gasteiger partial charge in [-0.2, -0.15) is 0 Å². The summed E-state index contributed by atoms with van der Waals surface area (Å²) in [6.45, 7) is 1.84. The molecule has 1 saturated heterocycles. The van der Waals surface area contributed by atoms with E-state index in [4.69, 9.17) is 0 Å². The van der Waals surface area contributed by atoms with E-state index < -0.39 is 0 Å². The maximum Gasteiger partial charge on any atom is 0.255 e. The molecule has 1 aliphatic heterocycles. The van der Waals surface area contributed by atoms with Crippen LogP contribution in [-0.4, -0.2) is 28.9 Å². The van der Waals surface area contributed by atoms with Crippen LogP contribution in [-0.2, 0) is 0 Å². The molecule has 1 aliphatic rings. The van der Waals surface area contributed by atoms with Crippen molar-refractivity contribution in [2.24, 2.45) is 0 Å². The molecule has 0 radical (unpaired) electrons. The number of rotatable bonds is 1. The van der Waals surface area contributed by atoms with Gasteiger partial charge in [-0.05, 0) is 25.3 Å². The molecule has 3 nitrogen and oxygen atoms in total. The van der Waals surface area contributed by atoms with Gasteiger partial charge < -0.3 is 9.88 Å². The van der Waals surface area contributed by atoms with Crippen LogP contribution in [0.1, 0.15) is 29.6 Å². The highest BCUT2D eigenvalue weighted by Crippen LogP contribution is 2.12. The van der Waals surface area contributed by atoms with E-state index in [1.807, 2.05) is 11.0 Å². The van der Waals surface area contributed by atoms with E-state index in [1.165, 1.54) is 6.42 Å². The standard InChI is InChI=1S/C10H14N2O/c13-10(9-4-5-11-8-9)12-6-2-1-3-7-12/h4-5,8,11H,1-3,6-7H2. The van der Waals surface area contributed by atoms with Gasteiger partial charge in [-0.3, -0.25) is 4.79 Å². The quantitative estimate of drug-likeness (QED) is 0.697. The van der Waals surface area contributed by atoms with Crippen molar-refractivity contribution in [3.8, 4) is 0 Å². The molecule has 1 amide bonds. The Bertz CT molecular complexity index is 273. The van der Waals surface area contributed by atoms with Crippen LogP contribution in [0.15, 0.2) is 18.5 Å². The van der Waals surface area contributed by atoms with Gasteiger partial charge in [0, 0.05) is 25.5 Å². The number of nitrogens with one attached hydrogen (secondary N) is 1. The Labute approximate surface area is 77.7 Å². The van der Waals surface area contributed by atoms with Gasteiger partial charge in [-0.25, -0.2) is 0 Å². The third-order valence-electron chi connectivity index (χ3n) is 2.49. The largest absolute Gasteiger partial charge is 0.367 e. The molecular weight excluding hydrogens is 164 g/mol. The first-order valence-corrected chi connectivity index (χ1v) is 4.80. The fourth-order valence-corrected chi connectivity index (χ4v) is 1.74. The van der Waals surface area contributed by atoms with Crippen LogP contribution in [0.3, 0.4) is 0 Å². The van der Waals surface area contributed by atoms with Crippen molar-refractivity contribution in [1.29, 1.82) is 0 Å². The molecule has 0 saturated carbocycles. The normalized spacial score (nSPS) is 17.4. The van der Waals surface area contributed by atoms with Crippen LogP contribution >= 0.6 is 0 Å². The highest BCUT2D eigenvalue weighted by atomic mass is 16.2. The molecule has 0 bridgehead atoms. The summed E-state index contributed by atoms with van der Waals surface area (Å²) >= 11 is 0. The molecule has 2 heterocycles. The average molecular weight is 178 g/mol. The fraction of sp³-hybridized carbons (Fsp3) is 0.500. The minimum atomic E-state index is 0.168. The lowest BCUT2D eigenvalue weighted by Gasteiger charge is -2.26. The van der Waals surface area contributed by atoms with Crippen molar-refractivity contribution in [2.45, 2.75) is 19.3 Å². The van der Waals surface area contributed by atoms with Crippen LogP contribution in [0.25, 0.3) is 0 Å². The third-order valence-corrected chi connectivity index (χ3v) is 2.49. The smallest absolute Gasteiger partial charge is 0.255 e. The first-order valence-electron chi connectivity index (χ1n) is 4.80. The zero-order valence-corrected chi connectivity index (χ0v) is 7.62. The SMILES string of the molecule is O=C(c1cc[nH]c1)N1CCCCC1. The summed E-state index contributed by atoms with van der Waals surface area (Å²) in [5, 5.41) is 0. The van der Waals surface area contributed by atoms with Gasteiger partial charge in [0.15, 0.2) is 0 Å². The minimum absolute atomic E-state index is 0.168. The van der Waals surface area contributed by atoms with Crippen LogP contribution < -0.4 is 0 Å². The number of hydrogen-bond donors (Lipinski definition) is 1. The van der Waals surface area contributed by atoms with E-state index in [0.717, 1.165) is 31.5 Å². The number of carbonyl (C=O) groups excluding carboxylic acids is 1. The van der Waals surface area contributed by atoms with Gasteiger partial charge in [0.25, 0.3) is 5.91 Å². The number of aromatic amines is 1. The zero-order chi connectivity index (χ0) is 9.10. The van der Waals surface area contributed by atoms with Gasteiger partial charge in [-0.1, -0.05) is 0 Å². The number of amides is 1. The molecule has 13 heavy (non-hydrogen) atoms. The number of H-pyrrole nitrogens is 1. The summed E-state index contributed by atoms with van der Waals surface area (Å²) in [6, 6.07) is 1.83. The van der Waals surface area contributed by atoms with Crippen molar-refractivity contribution < 1.29 is 4.79 Å². The molecule has 0 aliphatic carbocycles. The molecule has 2 rings (SSSR count). The Balaban J connectivity index is 2.04. The van der Waals surface area contributed by atoms with E-state index in [2.05, 4.69) is 4.98 Å². The van der Waals surface area contributed by atoms with Crippen molar-refractivity contribution in [1.82, 2.24) is 9.88 Å². The number of carbonyl (C=O) groups is 1. The number of likely N-dealkylation sites (tertiary alicyclic amines) is 1. The average Bonchev–Trinajstić information content (AvgIpc) is 2.71. The Morgan fingerprint density at radius 2 is 2.08 bits per heavy atom. The number of aromatic nitrogens is 1. The summed E-state index contributed by atoms with van der Waals surface area (Å²) in [4.78, 5) is 16.6. The molecule has 0 atom stereocenters. The molecule has 70 valence electrons. The second-order valence-corrected chi connectivity index (χ2v) is 3.45. The lowest BCUT2D eigenvalue weighted by molar-refractivity contribution is 0.0724. The second-order valence-electron chi connectivity index (χ2n) is 3.45. The monoisotopic (exact) mass is 178 g/mol. The molecule has 1 fully saturated rings. The molecule has 0 aromatic carbocycles. The molecule has 1 aromatic rings. The Kier molecular flexibility index (Phi) is 2.34. The topological polar surface area (TPSA) is 36.1 Å². The molecule has 0 spiro atoms. The molecule has 1 aromatic heterocycles. The van der Waals surface area contributed by atoms with Gasteiger partial charge in [0.2, 0.25) is 0 Å². The highest BCUT2D eigenvalue weighted by Gasteiger charge is 2.17. The fourth-order valence-electron chi connectivity index (χ4n) is 1.74. The molecule has 0 unspecified atom stereocenters. The van der Waals surface area contributed by atoms with Crippen LogP contribution in [0.4, 0.5) is 0 Å². The van der Waals surface area contributed by atoms with Gasteiger partial charge in [-0.15, -0.1) is 0 Å². The second kappa shape index (κ2) is 3.64. The maximum atomic E-state index is 11.8. The lowest BCUT2D eigenvalue weighted by atomic mass is 10.1. The van der Waals surface area contributed by atoms with Gasteiger partial charge in [0.1, 0.15) is 0 Å². The van der Waals surface area contributed by atoms with Crippen LogP contribution in [0.5, 0.6) is 0 Å². The predicted octanol–water partition coefficient (Wildman–Crippen LogP) is 1.64. The van der Waals surface area contributed by atoms with Crippen molar-refractivity contribution in [3.63, 3.8) is 0 Å². The van der Waals surface area contributed by atoms with E-state index in [-0.39, 0.29) is 5.91 Å². The van der Waals surface area contributed by atoms with E-state index in [0.29, 0.717) is 0 Å². The van der Waals surface area contributed by atoms with Gasteiger partial charge in [0.05, 0.1) is 5.56 Å². The molecule has 1 N–H and O–H groups in total. The first kappa shape index (κ1) is 8.35. The minimum Gasteiger partial charge on any atom is -0.367 e. The number of piperidine rings is 1. The summed E-state index contributed by atoms with van der Waals surface area (Å²) < 4.78 is 0. The van der Waals surface area contributed by atoms with Crippen LogP contribution in [0.2, 0.25) is 0 Å². The number of hydrogen-bond acceptors (Lipinski definition) is 1. The summed E-state index contributed by atoms with van der Waals surface area (Å²) in [5.74, 6) is 0.168. The predicted molar refractivity (Wildman–Crippen MR) is 50.5 cm³/mol. The summed E-state index contributed by atoms with van der Waals surface area (Å²) in [6.07, 6.45) is 7.11. The van der Waals surface area contributed by atoms with E-state index in [9.17, 15) is 4.79 Å². The Hall–Kier alpha value is -1.25. The Morgan fingerprint density at radius 3 is 2.69 bits per heavy atom. The first-order chi connectivity index (χ1) is 6.38. The highest BCUT2D eigenvalue weighted by molar-refractivity contribution is 5.94. The van der Waals surface area contributed by atoms with Crippen molar-refractivity contribution in [2.75, 3.05) is 13.1 Å². The van der Waals surface area contributed by atoms with E-state index in [1.54, 1.807) is 12.4 Å². The van der Waals surface area contributed by atoms with Crippen LogP contribution in [0, 0.1) is 0 Å². The van der Waals surface area contributed by atoms with E-state index >= 15 is 0 Å². The van der Waals surface area contributed by atoms with Crippen molar-refractivity contribution in [3.05, 3.63) is 24.0 Å². The molecular formula is C10H14N2O. The number of nitrogens with zero attached hydrogens (tertiary/aromatic N) is 1. The maximum absolute atomic E-state index is 11.8. The third kappa shape index (κ3) is 1.74. The Morgan fingerprint density at radius 1 is 1.31 bits per heavy atom. The van der Waals surface area contributed by atoms with Gasteiger partial charge >= 0.3 is 0 Å². The van der Waals surface area contributed by atoms with Crippen molar-refractivity contribution >= 4 is 5.91 Å². The summed E-state index contributed by atoms with van der Waals surface area (Å²) in [5.41, 5.74) is 0.780. The molecule has 3 heteroatoms.